The molecule has 0 aliphatic carbocycles. The SMILES string of the molecule is C=C(S/C(N=Nc1cc2c(cc1NS(=O)(=O)C(F)(F)F)N(C)CCC2)=N\N)C(=O)OCC. The third-order valence-corrected chi connectivity index (χ3v) is 6.05. The van der Waals surface area contributed by atoms with Crippen LogP contribution in [0.5, 0.6) is 0 Å². The Labute approximate surface area is 186 Å². The summed E-state index contributed by atoms with van der Waals surface area (Å²) in [5.74, 6) is 4.51. The Kier molecular flexibility index (Phi) is 8.12. The van der Waals surface area contributed by atoms with Crippen LogP contribution in [0, 0.1) is 0 Å². The van der Waals surface area contributed by atoms with Gasteiger partial charge in [0, 0.05) is 19.3 Å². The molecular weight excluding hydrogens is 473 g/mol. The van der Waals surface area contributed by atoms with Crippen molar-refractivity contribution >= 4 is 50.0 Å². The number of anilines is 2. The summed E-state index contributed by atoms with van der Waals surface area (Å²) in [5.41, 5.74) is -4.83. The lowest BCUT2D eigenvalue weighted by atomic mass is 10.0. The first-order valence-electron chi connectivity index (χ1n) is 9.10. The number of hydrazone groups is 1. The number of esters is 1. The molecule has 0 unspecified atom stereocenters. The van der Waals surface area contributed by atoms with Gasteiger partial charge in [0.05, 0.1) is 17.2 Å². The summed E-state index contributed by atoms with van der Waals surface area (Å²) in [7, 11) is -3.97. The molecule has 1 aliphatic rings. The highest BCUT2D eigenvalue weighted by Crippen LogP contribution is 2.38. The Hall–Kier alpha value is -2.81. The van der Waals surface area contributed by atoms with E-state index in [0.29, 0.717) is 30.4 Å². The average molecular weight is 495 g/mol. The molecule has 10 nitrogen and oxygen atoms in total. The van der Waals surface area contributed by atoms with Crippen LogP contribution in [0.25, 0.3) is 0 Å². The van der Waals surface area contributed by atoms with E-state index in [1.807, 2.05) is 0 Å². The molecule has 2 rings (SSSR count). The van der Waals surface area contributed by atoms with E-state index < -0.39 is 27.2 Å². The number of carbonyl (C=O) groups is 1. The summed E-state index contributed by atoms with van der Waals surface area (Å²) in [4.78, 5) is 13.4. The number of sulfonamides is 1. The van der Waals surface area contributed by atoms with Crippen LogP contribution in [0.2, 0.25) is 0 Å². The number of nitrogens with two attached hydrogens (primary N) is 1. The van der Waals surface area contributed by atoms with Crippen LogP contribution in [-0.2, 0) is 26.0 Å². The molecule has 1 heterocycles. The predicted octanol–water partition coefficient (Wildman–Crippen LogP) is 3.45. The Morgan fingerprint density at radius 3 is 2.69 bits per heavy atom. The highest BCUT2D eigenvalue weighted by Gasteiger charge is 2.46. The molecule has 0 saturated heterocycles. The van der Waals surface area contributed by atoms with Crippen LogP contribution in [0.15, 0.2) is 38.9 Å². The number of amidine groups is 1. The average Bonchev–Trinajstić information content (AvgIpc) is 2.70. The van der Waals surface area contributed by atoms with E-state index in [1.54, 1.807) is 18.9 Å². The number of halogens is 3. The summed E-state index contributed by atoms with van der Waals surface area (Å²) in [6, 6.07) is 2.69. The largest absolute Gasteiger partial charge is 0.516 e. The topological polar surface area (TPSA) is 139 Å². The van der Waals surface area contributed by atoms with Gasteiger partial charge < -0.3 is 15.5 Å². The van der Waals surface area contributed by atoms with E-state index in [0.717, 1.165) is 12.0 Å². The third kappa shape index (κ3) is 6.12. The number of azo groups is 1. The number of hydrogen-bond donors (Lipinski definition) is 2. The number of alkyl halides is 3. The van der Waals surface area contributed by atoms with Crippen molar-refractivity contribution in [3.63, 3.8) is 0 Å². The number of nitrogens with zero attached hydrogens (tertiary/aromatic N) is 4. The summed E-state index contributed by atoms with van der Waals surface area (Å²) in [5, 5.41) is 10.7. The second-order valence-electron chi connectivity index (χ2n) is 6.43. The second kappa shape index (κ2) is 10.2. The number of thioether (sulfide) groups is 1. The monoisotopic (exact) mass is 494 g/mol. The number of hydrogen-bond acceptors (Lipinski definition) is 9. The van der Waals surface area contributed by atoms with Crippen molar-refractivity contribution in [2.45, 2.75) is 25.3 Å². The molecule has 0 atom stereocenters. The number of benzene rings is 1. The molecule has 1 aromatic carbocycles. The molecule has 0 radical (unpaired) electrons. The van der Waals surface area contributed by atoms with Gasteiger partial charge in [0.25, 0.3) is 0 Å². The molecule has 0 fully saturated rings. The van der Waals surface area contributed by atoms with Crippen LogP contribution in [0.3, 0.4) is 0 Å². The first-order chi connectivity index (χ1) is 14.9. The molecule has 0 bridgehead atoms. The van der Waals surface area contributed by atoms with Gasteiger partial charge in [-0.1, -0.05) is 6.58 Å². The molecule has 0 amide bonds. The Morgan fingerprint density at radius 2 is 2.09 bits per heavy atom. The first kappa shape index (κ1) is 25.5. The zero-order valence-electron chi connectivity index (χ0n) is 17.1. The van der Waals surface area contributed by atoms with E-state index in [9.17, 15) is 26.4 Å². The fourth-order valence-corrected chi connectivity index (χ4v) is 3.77. The van der Waals surface area contributed by atoms with Crippen LogP contribution < -0.4 is 15.5 Å². The lowest BCUT2D eigenvalue weighted by Gasteiger charge is -2.28. The van der Waals surface area contributed by atoms with Gasteiger partial charge in [0.2, 0.25) is 5.17 Å². The quantitative estimate of drug-likeness (QED) is 0.117. The molecule has 0 spiro atoms. The van der Waals surface area contributed by atoms with Crippen molar-refractivity contribution < 1.29 is 31.1 Å². The Morgan fingerprint density at radius 1 is 1.41 bits per heavy atom. The second-order valence-corrected chi connectivity index (χ2v) is 9.17. The molecule has 32 heavy (non-hydrogen) atoms. The van der Waals surface area contributed by atoms with Gasteiger partial charge in [0.15, 0.2) is 0 Å². The van der Waals surface area contributed by atoms with Gasteiger partial charge in [-0.15, -0.1) is 10.2 Å². The Bertz CT molecular complexity index is 1060. The number of ether oxygens (including phenoxy) is 1. The third-order valence-electron chi connectivity index (χ3n) is 4.17. The minimum absolute atomic E-state index is 0.0972. The minimum Gasteiger partial charge on any atom is -0.462 e. The molecule has 176 valence electrons. The first-order valence-corrected chi connectivity index (χ1v) is 11.4. The summed E-state index contributed by atoms with van der Waals surface area (Å²) in [6.45, 7) is 5.87. The number of rotatable bonds is 6. The van der Waals surface area contributed by atoms with Gasteiger partial charge in [-0.2, -0.15) is 26.7 Å². The van der Waals surface area contributed by atoms with Crippen molar-refractivity contribution in [3.05, 3.63) is 29.2 Å². The van der Waals surface area contributed by atoms with Crippen molar-refractivity contribution in [2.24, 2.45) is 21.2 Å². The fraction of sp³-hybridized carbons (Fsp3) is 0.412. The van der Waals surface area contributed by atoms with Gasteiger partial charge in [0.1, 0.15) is 5.69 Å². The maximum Gasteiger partial charge on any atom is 0.516 e. The van der Waals surface area contributed by atoms with Crippen LogP contribution >= 0.6 is 11.8 Å². The maximum absolute atomic E-state index is 12.9. The van der Waals surface area contributed by atoms with E-state index in [4.69, 9.17) is 10.6 Å². The number of nitrogens with one attached hydrogen (secondary N) is 1. The lowest BCUT2D eigenvalue weighted by molar-refractivity contribution is -0.137. The van der Waals surface area contributed by atoms with E-state index in [-0.39, 0.29) is 22.4 Å². The van der Waals surface area contributed by atoms with E-state index >= 15 is 0 Å². The number of aryl methyl sites for hydroxylation is 1. The van der Waals surface area contributed by atoms with Crippen LogP contribution in [0.1, 0.15) is 18.9 Å². The smallest absolute Gasteiger partial charge is 0.462 e. The highest BCUT2D eigenvalue weighted by atomic mass is 32.2. The van der Waals surface area contributed by atoms with Crippen molar-refractivity contribution in [1.29, 1.82) is 0 Å². The van der Waals surface area contributed by atoms with E-state index in [1.165, 1.54) is 16.9 Å². The number of carbonyl (C=O) groups excluding carboxylic acids is 1. The summed E-state index contributed by atoms with van der Waals surface area (Å²) >= 11 is 0.633. The molecule has 1 aromatic rings. The molecular formula is C17H21F3N6O4S2. The van der Waals surface area contributed by atoms with Crippen molar-refractivity contribution in [3.8, 4) is 0 Å². The van der Waals surface area contributed by atoms with Gasteiger partial charge >= 0.3 is 21.5 Å². The van der Waals surface area contributed by atoms with Crippen LogP contribution in [-0.4, -0.2) is 45.3 Å². The molecule has 1 aliphatic heterocycles. The molecule has 0 saturated carbocycles. The van der Waals surface area contributed by atoms with Crippen LogP contribution in [0.4, 0.5) is 30.2 Å². The standard InChI is InChI=1S/C17H21F3N6O4S2/c1-4-30-15(27)10(2)31-16(22-21)24-23-12-8-11-6-5-7-26(3)14(11)9-13(12)25-32(28,29)17(18,19)20/h8-9,25H,2,4-7,21H2,1,3H3/b22-16-,24-23?. The van der Waals surface area contributed by atoms with E-state index in [2.05, 4.69) is 21.9 Å². The van der Waals surface area contributed by atoms with Crippen molar-refractivity contribution in [1.82, 2.24) is 0 Å². The summed E-state index contributed by atoms with van der Waals surface area (Å²) < 4.78 is 68.3. The zero-order chi connectivity index (χ0) is 24.1. The maximum atomic E-state index is 12.9. The Balaban J connectivity index is 2.42. The lowest BCUT2D eigenvalue weighted by Crippen LogP contribution is -2.30. The molecule has 0 aromatic heterocycles. The fourth-order valence-electron chi connectivity index (χ4n) is 2.70. The minimum atomic E-state index is -5.70. The highest BCUT2D eigenvalue weighted by molar-refractivity contribution is 8.17. The number of fused-ring (bicyclic) bond motifs is 1. The normalized spacial score (nSPS) is 14.9. The van der Waals surface area contributed by atoms with Gasteiger partial charge in [-0.25, -0.2) is 4.79 Å². The molecule has 3 N–H and O–H groups in total. The van der Waals surface area contributed by atoms with Crippen molar-refractivity contribution in [2.75, 3.05) is 29.8 Å². The molecule has 15 heteroatoms. The zero-order valence-corrected chi connectivity index (χ0v) is 18.8. The van der Waals surface area contributed by atoms with Gasteiger partial charge in [-0.05, 0) is 49.2 Å². The summed E-state index contributed by atoms with van der Waals surface area (Å²) in [6.07, 6.45) is 1.40. The predicted molar refractivity (Wildman–Crippen MR) is 116 cm³/mol. The van der Waals surface area contributed by atoms with Gasteiger partial charge in [-0.3, -0.25) is 4.72 Å².